The highest BCUT2D eigenvalue weighted by atomic mass is 19.1. The first-order valence-electron chi connectivity index (χ1n) is 13.1. The smallest absolute Gasteiger partial charge is 0.255 e. The summed E-state index contributed by atoms with van der Waals surface area (Å²) < 4.78 is 41.5. The molecule has 210 valence electrons. The molecule has 0 bridgehead atoms. The molecule has 3 aromatic carbocycles. The second kappa shape index (κ2) is 10.5. The lowest BCUT2D eigenvalue weighted by atomic mass is 9.95. The number of aryl methyl sites for hydroxylation is 1. The van der Waals surface area contributed by atoms with Crippen LogP contribution in [0.2, 0.25) is 0 Å². The van der Waals surface area contributed by atoms with Gasteiger partial charge in [-0.3, -0.25) is 14.6 Å². The number of hydrogen-bond donors (Lipinski definition) is 2. The molecule has 10 heteroatoms. The van der Waals surface area contributed by atoms with Gasteiger partial charge in [-0.15, -0.1) is 0 Å². The van der Waals surface area contributed by atoms with Crippen molar-refractivity contribution in [2.75, 3.05) is 7.05 Å². The van der Waals surface area contributed by atoms with Crippen LogP contribution in [0.1, 0.15) is 45.1 Å². The largest absolute Gasteiger partial charge is 0.455 e. The van der Waals surface area contributed by atoms with Gasteiger partial charge in [0.1, 0.15) is 34.5 Å². The maximum absolute atomic E-state index is 16.3. The molecule has 0 spiro atoms. The molecule has 8 nitrogen and oxygen atoms in total. The van der Waals surface area contributed by atoms with E-state index in [9.17, 15) is 14.0 Å². The number of nitrogens with one attached hydrogen (secondary N) is 2. The molecule has 0 aliphatic heterocycles. The zero-order valence-electron chi connectivity index (χ0n) is 22.8. The lowest BCUT2D eigenvalue weighted by molar-refractivity contribution is 0.0932. The van der Waals surface area contributed by atoms with Gasteiger partial charge in [0.25, 0.3) is 11.8 Å². The standard InChI is InChI=1S/C32H24F2N4O4/c1-16-4-5-19(30(39)37-17(2)32-38-23-12-13-36-15-25(23)42-32)14-22(16)21-10-11-24-26(28(21)34)27(31(40)35-3)29(41-24)18-6-8-20(33)9-7-18/h4-15,17H,1-3H3,(H,35,40)(H,37,39). The third-order valence-corrected chi connectivity index (χ3v) is 7.07. The van der Waals surface area contributed by atoms with Gasteiger partial charge in [-0.25, -0.2) is 13.8 Å². The number of amides is 2. The molecule has 0 fully saturated rings. The van der Waals surface area contributed by atoms with E-state index in [1.807, 2.05) is 0 Å². The summed E-state index contributed by atoms with van der Waals surface area (Å²) in [6.07, 6.45) is 3.16. The molecule has 0 saturated heterocycles. The van der Waals surface area contributed by atoms with E-state index in [0.29, 0.717) is 39.2 Å². The van der Waals surface area contributed by atoms with Crippen molar-refractivity contribution in [3.63, 3.8) is 0 Å². The normalized spacial score (nSPS) is 12.0. The highest BCUT2D eigenvalue weighted by Crippen LogP contribution is 2.39. The molecule has 2 amide bonds. The number of carbonyl (C=O) groups excluding carboxylic acids is 2. The molecule has 6 rings (SSSR count). The van der Waals surface area contributed by atoms with Crippen molar-refractivity contribution in [2.24, 2.45) is 0 Å². The van der Waals surface area contributed by atoms with Crippen molar-refractivity contribution in [3.8, 4) is 22.5 Å². The number of furan rings is 1. The number of oxazole rings is 1. The second-order valence-corrected chi connectivity index (χ2v) is 9.81. The Labute approximate surface area is 238 Å². The summed E-state index contributed by atoms with van der Waals surface area (Å²) in [4.78, 5) is 34.6. The zero-order valence-corrected chi connectivity index (χ0v) is 22.8. The van der Waals surface area contributed by atoms with Crippen molar-refractivity contribution >= 4 is 33.9 Å². The van der Waals surface area contributed by atoms with Crippen LogP contribution in [0.5, 0.6) is 0 Å². The molecular weight excluding hydrogens is 542 g/mol. The minimum Gasteiger partial charge on any atom is -0.455 e. The Bertz CT molecular complexity index is 1960. The van der Waals surface area contributed by atoms with Crippen LogP contribution >= 0.6 is 0 Å². The van der Waals surface area contributed by atoms with Crippen molar-refractivity contribution in [2.45, 2.75) is 19.9 Å². The van der Waals surface area contributed by atoms with Gasteiger partial charge in [0.05, 0.1) is 17.1 Å². The summed E-state index contributed by atoms with van der Waals surface area (Å²) >= 11 is 0. The van der Waals surface area contributed by atoms with Gasteiger partial charge < -0.3 is 19.5 Å². The van der Waals surface area contributed by atoms with Gasteiger partial charge in [-0.05, 0) is 79.6 Å². The van der Waals surface area contributed by atoms with Crippen LogP contribution < -0.4 is 10.6 Å². The maximum atomic E-state index is 16.3. The van der Waals surface area contributed by atoms with Crippen molar-refractivity contribution in [1.29, 1.82) is 0 Å². The quantitative estimate of drug-likeness (QED) is 0.231. The molecule has 3 aromatic heterocycles. The van der Waals surface area contributed by atoms with Gasteiger partial charge in [-0.2, -0.15) is 0 Å². The molecule has 0 radical (unpaired) electrons. The summed E-state index contributed by atoms with van der Waals surface area (Å²) in [5.74, 6) is -1.65. The van der Waals surface area contributed by atoms with E-state index in [1.54, 1.807) is 62.6 Å². The van der Waals surface area contributed by atoms with Gasteiger partial charge >= 0.3 is 0 Å². The third-order valence-electron chi connectivity index (χ3n) is 7.07. The van der Waals surface area contributed by atoms with E-state index in [1.165, 1.54) is 31.3 Å². The van der Waals surface area contributed by atoms with E-state index in [4.69, 9.17) is 8.83 Å². The number of halogens is 2. The Hall–Kier alpha value is -5.38. The van der Waals surface area contributed by atoms with Gasteiger partial charge in [0.2, 0.25) is 5.89 Å². The fraction of sp³-hybridized carbons (Fsp3) is 0.125. The fourth-order valence-electron chi connectivity index (χ4n) is 4.88. The highest BCUT2D eigenvalue weighted by molar-refractivity contribution is 6.12. The Morgan fingerprint density at radius 1 is 0.905 bits per heavy atom. The summed E-state index contributed by atoms with van der Waals surface area (Å²) in [5, 5.41) is 5.39. The fourth-order valence-corrected chi connectivity index (χ4v) is 4.88. The number of benzene rings is 3. The van der Waals surface area contributed by atoms with Gasteiger partial charge in [-0.1, -0.05) is 6.07 Å². The van der Waals surface area contributed by atoms with E-state index in [-0.39, 0.29) is 27.9 Å². The Morgan fingerprint density at radius 2 is 1.69 bits per heavy atom. The predicted molar refractivity (Wildman–Crippen MR) is 153 cm³/mol. The van der Waals surface area contributed by atoms with Crippen molar-refractivity contribution in [3.05, 3.63) is 107 Å². The Morgan fingerprint density at radius 3 is 2.43 bits per heavy atom. The van der Waals surface area contributed by atoms with E-state index in [2.05, 4.69) is 20.6 Å². The molecule has 1 unspecified atom stereocenters. The molecule has 42 heavy (non-hydrogen) atoms. The first-order valence-corrected chi connectivity index (χ1v) is 13.1. The first-order chi connectivity index (χ1) is 20.2. The lowest BCUT2D eigenvalue weighted by Crippen LogP contribution is -2.26. The predicted octanol–water partition coefficient (Wildman–Crippen LogP) is 6.74. The number of pyridine rings is 1. The van der Waals surface area contributed by atoms with Crippen LogP contribution in [-0.2, 0) is 0 Å². The van der Waals surface area contributed by atoms with Gasteiger partial charge in [0.15, 0.2) is 5.58 Å². The van der Waals surface area contributed by atoms with Gasteiger partial charge in [0, 0.05) is 29.9 Å². The SMILES string of the molecule is CNC(=O)c1c(-c2ccc(F)cc2)oc2ccc(-c3cc(C(=O)NC(C)c4nc5ccncc5o4)ccc3C)c(F)c12. The van der Waals surface area contributed by atoms with Crippen LogP contribution in [0, 0.1) is 18.6 Å². The van der Waals surface area contributed by atoms with E-state index < -0.39 is 29.5 Å². The van der Waals surface area contributed by atoms with E-state index >= 15 is 4.39 Å². The topological polar surface area (TPSA) is 110 Å². The monoisotopic (exact) mass is 566 g/mol. The molecule has 2 N–H and O–H groups in total. The van der Waals surface area contributed by atoms with Crippen LogP contribution in [-0.4, -0.2) is 28.8 Å². The molecule has 1 atom stereocenters. The minimum absolute atomic E-state index is 0.00707. The minimum atomic E-state index is -0.683. The number of hydrogen-bond acceptors (Lipinski definition) is 6. The molecule has 0 aliphatic rings. The number of fused-ring (bicyclic) bond motifs is 2. The van der Waals surface area contributed by atoms with Crippen LogP contribution in [0.3, 0.4) is 0 Å². The van der Waals surface area contributed by atoms with Crippen molar-refractivity contribution < 1.29 is 27.2 Å². The number of carbonyl (C=O) groups is 2. The summed E-state index contributed by atoms with van der Waals surface area (Å²) in [6.45, 7) is 3.55. The summed E-state index contributed by atoms with van der Waals surface area (Å²) in [7, 11) is 1.43. The number of aromatic nitrogens is 2. The second-order valence-electron chi connectivity index (χ2n) is 9.81. The number of nitrogens with zero attached hydrogens (tertiary/aromatic N) is 2. The maximum Gasteiger partial charge on any atom is 0.255 e. The summed E-state index contributed by atoms with van der Waals surface area (Å²) in [5.41, 5.74) is 3.37. The summed E-state index contributed by atoms with van der Waals surface area (Å²) in [6, 6.07) is 14.6. The zero-order chi connectivity index (χ0) is 29.5. The van der Waals surface area contributed by atoms with Crippen LogP contribution in [0.4, 0.5) is 8.78 Å². The molecule has 0 aliphatic carbocycles. The molecule has 3 heterocycles. The van der Waals surface area contributed by atoms with E-state index in [0.717, 1.165) is 0 Å². The highest BCUT2D eigenvalue weighted by Gasteiger charge is 2.27. The molecule has 6 aromatic rings. The third kappa shape index (κ3) is 4.66. The Kier molecular flexibility index (Phi) is 6.74. The molecule has 0 saturated carbocycles. The first kappa shape index (κ1) is 26.8. The lowest BCUT2D eigenvalue weighted by Gasteiger charge is -2.13. The van der Waals surface area contributed by atoms with Crippen LogP contribution in [0.15, 0.2) is 81.9 Å². The Balaban J connectivity index is 1.38. The average Bonchev–Trinajstić information content (AvgIpc) is 3.61. The average molecular weight is 567 g/mol. The van der Waals surface area contributed by atoms with Crippen molar-refractivity contribution in [1.82, 2.24) is 20.6 Å². The van der Waals surface area contributed by atoms with Crippen LogP contribution in [0.25, 0.3) is 44.5 Å². The molecular formula is C32H24F2N4O4. The number of rotatable bonds is 6.